The molecule has 3 aromatic rings. The van der Waals surface area contributed by atoms with Crippen molar-refractivity contribution < 1.29 is 14.0 Å². The van der Waals surface area contributed by atoms with E-state index in [2.05, 4.69) is 16.4 Å². The van der Waals surface area contributed by atoms with E-state index in [-0.39, 0.29) is 23.1 Å². The van der Waals surface area contributed by atoms with Gasteiger partial charge in [0.25, 0.3) is 5.91 Å². The number of carbonyl (C=O) groups is 2. The van der Waals surface area contributed by atoms with Crippen molar-refractivity contribution in [2.75, 3.05) is 11.9 Å². The summed E-state index contributed by atoms with van der Waals surface area (Å²) in [7, 11) is 0. The minimum absolute atomic E-state index is 0.0248. The molecule has 1 fully saturated rings. The number of pyridine rings is 2. The van der Waals surface area contributed by atoms with Crippen LogP contribution in [0.25, 0.3) is 6.08 Å². The maximum Gasteiger partial charge on any atom is 0.275 e. The highest BCUT2D eigenvalue weighted by atomic mass is 19.1. The van der Waals surface area contributed by atoms with Gasteiger partial charge < -0.3 is 10.2 Å². The third kappa shape index (κ3) is 3.88. The van der Waals surface area contributed by atoms with E-state index in [1.807, 2.05) is 35.4 Å². The van der Waals surface area contributed by atoms with Gasteiger partial charge in [0, 0.05) is 42.2 Å². The molecule has 1 N–H and O–H groups in total. The lowest BCUT2D eigenvalue weighted by molar-refractivity contribution is -0.127. The van der Waals surface area contributed by atoms with Crippen LogP contribution in [0.3, 0.4) is 0 Å². The number of aliphatic imine (C=N–C) groups is 1. The third-order valence-electron chi connectivity index (χ3n) is 8.93. The molecule has 0 radical (unpaired) electrons. The Morgan fingerprint density at radius 1 is 1.00 bits per heavy atom. The highest BCUT2D eigenvalue weighted by Crippen LogP contribution is 2.46. The zero-order valence-electron chi connectivity index (χ0n) is 22.2. The molecule has 2 aliphatic heterocycles. The molecule has 0 bridgehead atoms. The molecule has 2 aromatic heterocycles. The van der Waals surface area contributed by atoms with Gasteiger partial charge in [-0.05, 0) is 67.5 Å². The quantitative estimate of drug-likeness (QED) is 0.509. The van der Waals surface area contributed by atoms with E-state index in [1.54, 1.807) is 24.4 Å². The van der Waals surface area contributed by atoms with Crippen LogP contribution in [0, 0.1) is 5.82 Å². The SMILES string of the molecule is O=C1C(c2ccccc2F)=NC2(CCCCCC2)N1C/C=C/c1cnc2c(c1)CC1(C2)C(=O)Nc2ncccc21. The summed E-state index contributed by atoms with van der Waals surface area (Å²) in [4.78, 5) is 42.5. The third-order valence-corrected chi connectivity index (χ3v) is 8.93. The maximum atomic E-state index is 14.7. The van der Waals surface area contributed by atoms with Crippen molar-refractivity contribution in [3.63, 3.8) is 0 Å². The summed E-state index contributed by atoms with van der Waals surface area (Å²) in [5.41, 5.74) is 3.04. The number of benzene rings is 1. The standard InChI is InChI=1S/C32H30FN5O2/c33-25-12-4-3-10-23(25)27-29(39)38(32(37-27)13-5-1-2-6-14-32)16-8-9-21-17-22-18-31(19-26(22)35-20-21)24-11-7-15-34-28(24)36-30(31)40/h3-4,7-12,15,17,20H,1-2,5-6,13-14,16,18-19H2,(H,34,36,40)/b9-8+. The Labute approximate surface area is 232 Å². The van der Waals surface area contributed by atoms with Crippen LogP contribution in [0.4, 0.5) is 10.2 Å². The Hall–Kier alpha value is -4.20. The van der Waals surface area contributed by atoms with Crippen LogP contribution in [0.1, 0.15) is 66.5 Å². The number of nitrogens with zero attached hydrogens (tertiary/aromatic N) is 4. The molecule has 7 nitrogen and oxygen atoms in total. The van der Waals surface area contributed by atoms with Crippen molar-refractivity contribution in [2.24, 2.45) is 4.99 Å². The van der Waals surface area contributed by atoms with Gasteiger partial charge in [-0.15, -0.1) is 0 Å². The Balaban J connectivity index is 1.13. The minimum Gasteiger partial charge on any atom is -0.310 e. The predicted molar refractivity (Wildman–Crippen MR) is 150 cm³/mol. The number of halogens is 1. The van der Waals surface area contributed by atoms with Gasteiger partial charge in [0.05, 0.1) is 5.41 Å². The topological polar surface area (TPSA) is 87.5 Å². The van der Waals surface area contributed by atoms with Gasteiger partial charge in [-0.3, -0.25) is 19.6 Å². The summed E-state index contributed by atoms with van der Waals surface area (Å²) in [6.45, 7) is 0.378. The van der Waals surface area contributed by atoms with Gasteiger partial charge in [-0.1, -0.05) is 43.2 Å². The number of hydrogen-bond donors (Lipinski definition) is 1. The van der Waals surface area contributed by atoms with Crippen LogP contribution in [-0.4, -0.2) is 44.6 Å². The Morgan fingerprint density at radius 3 is 2.65 bits per heavy atom. The first-order valence-corrected chi connectivity index (χ1v) is 14.1. The molecule has 7 rings (SSSR count). The molecule has 4 heterocycles. The lowest BCUT2D eigenvalue weighted by Gasteiger charge is -2.35. The number of anilines is 1. The average molecular weight is 536 g/mol. The number of aromatic nitrogens is 2. The molecule has 1 unspecified atom stereocenters. The molecule has 1 saturated carbocycles. The molecule has 202 valence electrons. The van der Waals surface area contributed by atoms with Crippen LogP contribution in [0.15, 0.2) is 65.9 Å². The van der Waals surface area contributed by atoms with Crippen LogP contribution >= 0.6 is 0 Å². The first kappa shape index (κ1) is 24.8. The van der Waals surface area contributed by atoms with E-state index in [1.165, 1.54) is 6.07 Å². The van der Waals surface area contributed by atoms with Gasteiger partial charge >= 0.3 is 0 Å². The summed E-state index contributed by atoms with van der Waals surface area (Å²) >= 11 is 0. The fraction of sp³-hybridized carbons (Fsp3) is 0.344. The second kappa shape index (κ2) is 9.47. The van der Waals surface area contributed by atoms with E-state index >= 15 is 0 Å². The predicted octanol–water partition coefficient (Wildman–Crippen LogP) is 5.00. The Bertz CT molecular complexity index is 1590. The molecule has 2 spiro atoms. The molecule has 4 aliphatic rings. The number of carbonyl (C=O) groups excluding carboxylic acids is 2. The summed E-state index contributed by atoms with van der Waals surface area (Å²) in [5, 5.41) is 2.94. The molecule has 2 amide bonds. The van der Waals surface area contributed by atoms with Gasteiger partial charge in [0.1, 0.15) is 23.0 Å². The summed E-state index contributed by atoms with van der Waals surface area (Å²) in [5.74, 6) is -0.0272. The Kier molecular flexibility index (Phi) is 5.87. The summed E-state index contributed by atoms with van der Waals surface area (Å²) in [6, 6.07) is 12.3. The molecular weight excluding hydrogens is 505 g/mol. The van der Waals surface area contributed by atoms with Gasteiger partial charge in [-0.25, -0.2) is 9.37 Å². The lowest BCUT2D eigenvalue weighted by atomic mass is 9.80. The summed E-state index contributed by atoms with van der Waals surface area (Å²) < 4.78 is 14.7. The van der Waals surface area contributed by atoms with Crippen LogP contribution in [-0.2, 0) is 27.8 Å². The fourth-order valence-electron chi connectivity index (χ4n) is 6.91. The average Bonchev–Trinajstić information content (AvgIpc) is 3.48. The largest absolute Gasteiger partial charge is 0.310 e. The highest BCUT2D eigenvalue weighted by molar-refractivity contribution is 6.46. The number of nitrogens with one attached hydrogen (secondary N) is 1. The molecule has 40 heavy (non-hydrogen) atoms. The molecule has 8 heteroatoms. The molecule has 1 aromatic carbocycles. The van der Waals surface area contributed by atoms with E-state index in [0.717, 1.165) is 60.9 Å². The number of hydrogen-bond acceptors (Lipinski definition) is 5. The number of amides is 2. The van der Waals surface area contributed by atoms with Crippen molar-refractivity contribution in [3.8, 4) is 0 Å². The zero-order chi connectivity index (χ0) is 27.3. The first-order valence-electron chi connectivity index (χ1n) is 14.1. The van der Waals surface area contributed by atoms with E-state index in [0.29, 0.717) is 25.2 Å². The summed E-state index contributed by atoms with van der Waals surface area (Å²) in [6.07, 6.45) is 14.4. The molecular formula is C32H30FN5O2. The smallest absolute Gasteiger partial charge is 0.275 e. The van der Waals surface area contributed by atoms with Gasteiger partial charge in [0.2, 0.25) is 5.91 Å². The van der Waals surface area contributed by atoms with Crippen LogP contribution in [0.5, 0.6) is 0 Å². The maximum absolute atomic E-state index is 14.7. The van der Waals surface area contributed by atoms with Gasteiger partial charge in [-0.2, -0.15) is 0 Å². The Morgan fingerprint density at radius 2 is 1.82 bits per heavy atom. The fourth-order valence-corrected chi connectivity index (χ4v) is 6.91. The van der Waals surface area contributed by atoms with Crippen molar-refractivity contribution in [1.29, 1.82) is 0 Å². The van der Waals surface area contributed by atoms with E-state index in [4.69, 9.17) is 9.98 Å². The molecule has 2 aliphatic carbocycles. The lowest BCUT2D eigenvalue weighted by Crippen LogP contribution is -2.46. The monoisotopic (exact) mass is 535 g/mol. The van der Waals surface area contributed by atoms with Crippen molar-refractivity contribution in [3.05, 3.63) is 94.7 Å². The number of rotatable bonds is 4. The van der Waals surface area contributed by atoms with Crippen LogP contribution < -0.4 is 5.32 Å². The van der Waals surface area contributed by atoms with E-state index in [9.17, 15) is 14.0 Å². The van der Waals surface area contributed by atoms with Crippen molar-refractivity contribution in [2.45, 2.75) is 62.4 Å². The van der Waals surface area contributed by atoms with Crippen molar-refractivity contribution >= 4 is 29.4 Å². The van der Waals surface area contributed by atoms with Crippen LogP contribution in [0.2, 0.25) is 0 Å². The highest BCUT2D eigenvalue weighted by Gasteiger charge is 2.51. The second-order valence-electron chi connectivity index (χ2n) is 11.3. The normalized spacial score (nSPS) is 23.0. The molecule has 1 atom stereocenters. The first-order chi connectivity index (χ1) is 19.5. The van der Waals surface area contributed by atoms with Crippen molar-refractivity contribution in [1.82, 2.24) is 14.9 Å². The van der Waals surface area contributed by atoms with Gasteiger partial charge in [0.15, 0.2) is 0 Å². The minimum atomic E-state index is -0.657. The number of fused-ring (bicyclic) bond motifs is 3. The second-order valence-corrected chi connectivity index (χ2v) is 11.3. The molecule has 0 saturated heterocycles. The zero-order valence-corrected chi connectivity index (χ0v) is 22.2. The van der Waals surface area contributed by atoms with E-state index < -0.39 is 16.9 Å².